The van der Waals surface area contributed by atoms with E-state index in [1.807, 2.05) is 41.3 Å². The lowest BCUT2D eigenvalue weighted by Crippen LogP contribution is -2.38. The van der Waals surface area contributed by atoms with Crippen molar-refractivity contribution >= 4 is 23.1 Å². The van der Waals surface area contributed by atoms with E-state index in [9.17, 15) is 9.59 Å². The van der Waals surface area contributed by atoms with E-state index in [0.717, 1.165) is 47.5 Å². The van der Waals surface area contributed by atoms with Gasteiger partial charge in [-0.25, -0.2) is 0 Å². The predicted octanol–water partition coefficient (Wildman–Crippen LogP) is 8.49. The van der Waals surface area contributed by atoms with Crippen LogP contribution >= 0.6 is 0 Å². The molecule has 0 bridgehead atoms. The van der Waals surface area contributed by atoms with Gasteiger partial charge in [-0.1, -0.05) is 76.9 Å². The zero-order valence-corrected chi connectivity index (χ0v) is 27.7. The fraction of sp³-hybridized carbons (Fsp3) is 0.421. The lowest BCUT2D eigenvalue weighted by molar-refractivity contribution is -0.119. The standard InChI is InChI=1S/C38H46N2O5/c1-8-9-10-15-34(42)40-30-14-12-11-13-28(30)39-29-20-25(24-16-18-27(19-17-24)38(2,3)4)21-31(41)35(29)36(40)26-22-32(43-5)37(45-7)33(23-26)44-6/h11-14,16-19,22-23,25,36,39H,8-10,15,20-21H2,1-7H3/t25-,36+/m1/s1. The zero-order chi connectivity index (χ0) is 32.3. The summed E-state index contributed by atoms with van der Waals surface area (Å²) in [5.41, 5.74) is 6.16. The molecule has 2 aliphatic rings. The summed E-state index contributed by atoms with van der Waals surface area (Å²) < 4.78 is 17.1. The molecule has 0 aromatic heterocycles. The molecule has 7 nitrogen and oxygen atoms in total. The summed E-state index contributed by atoms with van der Waals surface area (Å²) in [6.45, 7) is 8.73. The molecule has 0 saturated heterocycles. The van der Waals surface area contributed by atoms with E-state index in [1.54, 1.807) is 21.3 Å². The van der Waals surface area contributed by atoms with Crippen LogP contribution in [0.2, 0.25) is 0 Å². The third-order valence-electron chi connectivity index (χ3n) is 9.00. The van der Waals surface area contributed by atoms with Crippen LogP contribution in [0.4, 0.5) is 11.4 Å². The van der Waals surface area contributed by atoms with Crippen LogP contribution in [-0.4, -0.2) is 33.0 Å². The number of fused-ring (bicyclic) bond motifs is 1. The molecule has 0 spiro atoms. The topological polar surface area (TPSA) is 77.1 Å². The van der Waals surface area contributed by atoms with E-state index in [0.29, 0.717) is 42.1 Å². The summed E-state index contributed by atoms with van der Waals surface area (Å²) in [6.07, 6.45) is 4.11. The van der Waals surface area contributed by atoms with Crippen molar-refractivity contribution in [3.05, 3.63) is 88.6 Å². The summed E-state index contributed by atoms with van der Waals surface area (Å²) in [6, 6.07) is 19.5. The van der Waals surface area contributed by atoms with Gasteiger partial charge >= 0.3 is 0 Å². The van der Waals surface area contributed by atoms with E-state index < -0.39 is 6.04 Å². The van der Waals surface area contributed by atoms with Crippen molar-refractivity contribution in [2.24, 2.45) is 0 Å². The van der Waals surface area contributed by atoms with E-state index in [2.05, 4.69) is 57.3 Å². The van der Waals surface area contributed by atoms with Gasteiger partial charge in [0.25, 0.3) is 0 Å². The smallest absolute Gasteiger partial charge is 0.227 e. The zero-order valence-electron chi connectivity index (χ0n) is 27.7. The van der Waals surface area contributed by atoms with Crippen molar-refractivity contribution in [2.45, 2.75) is 83.6 Å². The van der Waals surface area contributed by atoms with Crippen molar-refractivity contribution in [2.75, 3.05) is 31.5 Å². The summed E-state index contributed by atoms with van der Waals surface area (Å²) in [5, 5.41) is 3.64. The third-order valence-corrected chi connectivity index (χ3v) is 9.00. The lowest BCUT2D eigenvalue weighted by Gasteiger charge is -2.35. The van der Waals surface area contributed by atoms with Crippen LogP contribution in [0.15, 0.2) is 71.9 Å². The lowest BCUT2D eigenvalue weighted by atomic mass is 9.77. The summed E-state index contributed by atoms with van der Waals surface area (Å²) in [5.74, 6) is 1.40. The fourth-order valence-electron chi connectivity index (χ4n) is 6.58. The van der Waals surface area contributed by atoms with E-state index in [1.165, 1.54) is 5.56 Å². The van der Waals surface area contributed by atoms with Crippen LogP contribution in [0.1, 0.15) is 94.9 Å². The number of rotatable bonds is 9. The molecule has 2 atom stereocenters. The second kappa shape index (κ2) is 13.4. The van der Waals surface area contributed by atoms with Gasteiger partial charge in [0.05, 0.1) is 38.7 Å². The molecule has 1 heterocycles. The molecule has 0 saturated carbocycles. The minimum absolute atomic E-state index is 0.0114. The first-order chi connectivity index (χ1) is 21.6. The summed E-state index contributed by atoms with van der Waals surface area (Å²) in [4.78, 5) is 30.5. The van der Waals surface area contributed by atoms with Crippen molar-refractivity contribution in [1.82, 2.24) is 0 Å². The Labute approximate surface area is 267 Å². The van der Waals surface area contributed by atoms with Gasteiger partial charge in [-0.2, -0.15) is 0 Å². The molecule has 3 aromatic rings. The van der Waals surface area contributed by atoms with Crippen molar-refractivity contribution < 1.29 is 23.8 Å². The van der Waals surface area contributed by atoms with Gasteiger partial charge in [0.15, 0.2) is 17.3 Å². The molecule has 1 aliphatic carbocycles. The number of unbranched alkanes of at least 4 members (excludes halogenated alkanes) is 2. The third kappa shape index (κ3) is 6.44. The van der Waals surface area contributed by atoms with Gasteiger partial charge in [0, 0.05) is 24.1 Å². The highest BCUT2D eigenvalue weighted by Crippen LogP contribution is 2.50. The predicted molar refractivity (Wildman–Crippen MR) is 180 cm³/mol. The molecule has 1 amide bonds. The normalized spacial score (nSPS) is 18.0. The molecule has 7 heteroatoms. The molecule has 5 rings (SSSR count). The average molecular weight is 611 g/mol. The minimum Gasteiger partial charge on any atom is -0.493 e. The maximum Gasteiger partial charge on any atom is 0.227 e. The Kier molecular flexibility index (Phi) is 9.56. The van der Waals surface area contributed by atoms with Crippen LogP contribution in [-0.2, 0) is 15.0 Å². The number of carbonyl (C=O) groups is 2. The number of anilines is 2. The molecule has 1 N–H and O–H groups in total. The highest BCUT2D eigenvalue weighted by atomic mass is 16.5. The number of benzene rings is 3. The largest absolute Gasteiger partial charge is 0.493 e. The number of carbonyl (C=O) groups excluding carboxylic acids is 2. The van der Waals surface area contributed by atoms with Gasteiger partial charge in [-0.3, -0.25) is 14.5 Å². The summed E-state index contributed by atoms with van der Waals surface area (Å²) >= 11 is 0. The van der Waals surface area contributed by atoms with Gasteiger partial charge in [-0.15, -0.1) is 0 Å². The molecule has 0 fully saturated rings. The molecule has 0 radical (unpaired) electrons. The average Bonchev–Trinajstić information content (AvgIpc) is 3.18. The fourth-order valence-corrected chi connectivity index (χ4v) is 6.58. The van der Waals surface area contributed by atoms with Gasteiger partial charge in [-0.05, 0) is 65.1 Å². The number of nitrogens with one attached hydrogen (secondary N) is 1. The Morgan fingerprint density at radius 1 is 0.889 bits per heavy atom. The first-order valence-corrected chi connectivity index (χ1v) is 16.0. The molecule has 238 valence electrons. The Hall–Kier alpha value is -4.26. The Balaban J connectivity index is 1.69. The molecule has 1 aliphatic heterocycles. The van der Waals surface area contributed by atoms with Gasteiger partial charge in [0.1, 0.15) is 0 Å². The van der Waals surface area contributed by atoms with Crippen molar-refractivity contribution in [3.63, 3.8) is 0 Å². The molecule has 45 heavy (non-hydrogen) atoms. The number of hydrogen-bond acceptors (Lipinski definition) is 6. The Morgan fingerprint density at radius 3 is 2.16 bits per heavy atom. The van der Waals surface area contributed by atoms with Crippen LogP contribution in [0.25, 0.3) is 0 Å². The number of amides is 1. The number of Topliss-reactive ketones (excluding diaryl/α,β-unsaturated/α-hetero) is 1. The number of allylic oxidation sites excluding steroid dienone is 1. The second-order valence-electron chi connectivity index (χ2n) is 13.0. The van der Waals surface area contributed by atoms with Gasteiger partial charge in [0.2, 0.25) is 11.7 Å². The quantitative estimate of drug-likeness (QED) is 0.245. The first kappa shape index (κ1) is 32.1. The monoisotopic (exact) mass is 610 g/mol. The minimum atomic E-state index is -0.685. The van der Waals surface area contributed by atoms with E-state index in [-0.39, 0.29) is 23.0 Å². The van der Waals surface area contributed by atoms with Crippen LogP contribution in [0.5, 0.6) is 17.2 Å². The maximum atomic E-state index is 14.5. The molecule has 3 aromatic carbocycles. The number of ether oxygens (including phenoxy) is 3. The SMILES string of the molecule is CCCCCC(=O)N1c2ccccc2NC2=C(C(=O)C[C@H](c3ccc(C(C)(C)C)cc3)C2)[C@@H]1c1cc(OC)c(OC)c(OC)c1. The van der Waals surface area contributed by atoms with Crippen LogP contribution in [0, 0.1) is 0 Å². The second-order valence-corrected chi connectivity index (χ2v) is 13.0. The van der Waals surface area contributed by atoms with Crippen molar-refractivity contribution in [1.29, 1.82) is 0 Å². The molecule has 0 unspecified atom stereocenters. The maximum absolute atomic E-state index is 14.5. The van der Waals surface area contributed by atoms with Crippen molar-refractivity contribution in [3.8, 4) is 17.2 Å². The number of nitrogens with zero attached hydrogens (tertiary/aromatic N) is 1. The Morgan fingerprint density at radius 2 is 1.56 bits per heavy atom. The highest BCUT2D eigenvalue weighted by Gasteiger charge is 2.42. The van der Waals surface area contributed by atoms with Crippen LogP contribution in [0.3, 0.4) is 0 Å². The van der Waals surface area contributed by atoms with Crippen LogP contribution < -0.4 is 24.4 Å². The van der Waals surface area contributed by atoms with E-state index >= 15 is 0 Å². The number of para-hydroxylation sites is 2. The van der Waals surface area contributed by atoms with E-state index in [4.69, 9.17) is 14.2 Å². The number of hydrogen-bond donors (Lipinski definition) is 1. The first-order valence-electron chi connectivity index (χ1n) is 16.0. The summed E-state index contributed by atoms with van der Waals surface area (Å²) in [7, 11) is 4.71. The number of ketones is 1. The highest BCUT2D eigenvalue weighted by molar-refractivity contribution is 6.06. The van der Waals surface area contributed by atoms with Gasteiger partial charge < -0.3 is 19.5 Å². The molecular formula is C38H46N2O5. The Bertz CT molecular complexity index is 1560. The number of methoxy groups -OCH3 is 3. The molecular weight excluding hydrogens is 564 g/mol.